The molecule has 2 aliphatic rings. The van der Waals surface area contributed by atoms with Gasteiger partial charge < -0.3 is 24.6 Å². The highest BCUT2D eigenvalue weighted by Crippen LogP contribution is 2.51. The Balaban J connectivity index is 2.06. The highest BCUT2D eigenvalue weighted by Gasteiger charge is 2.64. The van der Waals surface area contributed by atoms with Gasteiger partial charge in [-0.05, 0) is 57.9 Å². The van der Waals surface area contributed by atoms with Crippen LogP contribution in [0, 0.1) is 11.3 Å². The van der Waals surface area contributed by atoms with Crippen LogP contribution in [-0.4, -0.2) is 79.2 Å². The second kappa shape index (κ2) is 13.9. The number of methoxy groups -OCH3 is 1. The number of hydrogen-bond donors (Lipinski definition) is 1. The van der Waals surface area contributed by atoms with E-state index in [-0.39, 0.29) is 32.7 Å². The number of amides is 3. The summed E-state index contributed by atoms with van der Waals surface area (Å²) in [6.45, 7) is 7.42. The lowest BCUT2D eigenvalue weighted by atomic mass is 9.72. The summed E-state index contributed by atoms with van der Waals surface area (Å²) in [6, 6.07) is 4.88. The van der Waals surface area contributed by atoms with E-state index in [1.807, 2.05) is 0 Å². The van der Waals surface area contributed by atoms with Crippen LogP contribution in [0.1, 0.15) is 46.1 Å². The first-order valence-electron chi connectivity index (χ1n) is 13.4. The predicted octanol–water partition coefficient (Wildman–Crippen LogP) is 4.11. The normalized spacial score (nSPS) is 20.4. The van der Waals surface area contributed by atoms with Crippen molar-refractivity contribution in [2.24, 2.45) is 11.3 Å². The van der Waals surface area contributed by atoms with E-state index < -0.39 is 40.8 Å². The lowest BCUT2D eigenvalue weighted by molar-refractivity contribution is -0.279. The summed E-state index contributed by atoms with van der Waals surface area (Å²) in [5.41, 5.74) is -1.67. The number of ether oxygens (including phenoxy) is 2. The van der Waals surface area contributed by atoms with E-state index in [1.54, 1.807) is 59.1 Å². The van der Waals surface area contributed by atoms with Crippen molar-refractivity contribution in [1.82, 2.24) is 15.1 Å². The number of halogens is 2. The molecule has 0 spiro atoms. The molecular formula is C28H37Cl2N3O8. The molecule has 1 aromatic rings. The Morgan fingerprint density at radius 1 is 1.20 bits per heavy atom. The van der Waals surface area contributed by atoms with Gasteiger partial charge in [0, 0.05) is 55.5 Å². The molecule has 1 N–H and O–H groups in total. The molecule has 3 amide bonds. The van der Waals surface area contributed by atoms with Gasteiger partial charge in [-0.25, -0.2) is 9.59 Å². The van der Waals surface area contributed by atoms with Crippen LogP contribution in [0.3, 0.4) is 0 Å². The minimum absolute atomic E-state index is 0.00271. The summed E-state index contributed by atoms with van der Waals surface area (Å²) in [4.78, 5) is 67.0. The van der Waals surface area contributed by atoms with Crippen LogP contribution in [0.25, 0.3) is 0 Å². The zero-order valence-electron chi connectivity index (χ0n) is 24.0. The van der Waals surface area contributed by atoms with E-state index in [2.05, 4.69) is 5.32 Å². The number of carbonyl (C=O) groups is 4. The molecule has 2 aliphatic heterocycles. The predicted molar refractivity (Wildman–Crippen MR) is 151 cm³/mol. The average Bonchev–Trinajstić information content (AvgIpc) is 3.13. The molecule has 0 aromatic heterocycles. The second-order valence-corrected chi connectivity index (χ2v) is 11.7. The standard InChI is InChI=1S/C28H37Cl2N3O8/c1-6-39-41-25(36)28-17-32(26(37)40-27(2,3)4)12-10-22(28)33(16-18-8-9-19(29)14-21(18)30)24(35)20(28)15-23(34)31-11-7-13-38-5/h8-10,14,20H,6-7,11-13,15-17H2,1-5H3,(H,31,34)/t20-,28+/m1/s1. The van der Waals surface area contributed by atoms with E-state index in [9.17, 15) is 19.2 Å². The van der Waals surface area contributed by atoms with Crippen molar-refractivity contribution >= 4 is 47.1 Å². The first-order chi connectivity index (χ1) is 19.3. The average molecular weight is 615 g/mol. The lowest BCUT2D eigenvalue weighted by Crippen LogP contribution is -2.54. The molecule has 11 nitrogen and oxygen atoms in total. The summed E-state index contributed by atoms with van der Waals surface area (Å²) in [6.07, 6.45) is 1.17. The molecule has 1 fully saturated rings. The van der Waals surface area contributed by atoms with Crippen LogP contribution in [0.2, 0.25) is 10.0 Å². The third kappa shape index (κ3) is 7.71. The van der Waals surface area contributed by atoms with Gasteiger partial charge >= 0.3 is 12.1 Å². The van der Waals surface area contributed by atoms with Gasteiger partial charge in [0.1, 0.15) is 11.0 Å². The van der Waals surface area contributed by atoms with Crippen molar-refractivity contribution in [3.8, 4) is 0 Å². The van der Waals surface area contributed by atoms with Crippen molar-refractivity contribution < 1.29 is 38.4 Å². The van der Waals surface area contributed by atoms with E-state index in [0.717, 1.165) is 0 Å². The number of nitrogens with zero attached hydrogens (tertiary/aromatic N) is 2. The Morgan fingerprint density at radius 3 is 2.56 bits per heavy atom. The minimum Gasteiger partial charge on any atom is -0.444 e. The second-order valence-electron chi connectivity index (χ2n) is 10.8. The lowest BCUT2D eigenvalue weighted by Gasteiger charge is -2.40. The summed E-state index contributed by atoms with van der Waals surface area (Å²) >= 11 is 12.5. The number of rotatable bonds is 11. The number of likely N-dealkylation sites (tertiary alicyclic amines) is 1. The zero-order chi connectivity index (χ0) is 30.4. The molecule has 1 saturated heterocycles. The smallest absolute Gasteiger partial charge is 0.410 e. The van der Waals surface area contributed by atoms with Crippen molar-refractivity contribution in [3.05, 3.63) is 45.6 Å². The van der Waals surface area contributed by atoms with Gasteiger partial charge in [0.05, 0.1) is 19.1 Å². The molecule has 0 aliphatic carbocycles. The molecule has 0 saturated carbocycles. The van der Waals surface area contributed by atoms with Crippen LogP contribution < -0.4 is 5.32 Å². The molecule has 1 aromatic carbocycles. The van der Waals surface area contributed by atoms with Gasteiger partial charge in [-0.1, -0.05) is 29.3 Å². The van der Waals surface area contributed by atoms with Gasteiger partial charge in [-0.3, -0.25) is 14.5 Å². The maximum absolute atomic E-state index is 14.1. The molecule has 3 rings (SSSR count). The Kier molecular flexibility index (Phi) is 11.0. The third-order valence-corrected chi connectivity index (χ3v) is 7.29. The first-order valence-corrected chi connectivity index (χ1v) is 14.1. The van der Waals surface area contributed by atoms with Gasteiger partial charge in [-0.2, -0.15) is 4.89 Å². The Morgan fingerprint density at radius 2 is 1.93 bits per heavy atom. The summed E-state index contributed by atoms with van der Waals surface area (Å²) < 4.78 is 10.6. The van der Waals surface area contributed by atoms with E-state index in [1.165, 1.54) is 9.80 Å². The van der Waals surface area contributed by atoms with E-state index in [0.29, 0.717) is 40.9 Å². The fourth-order valence-electron chi connectivity index (χ4n) is 4.89. The Labute approximate surface area is 249 Å². The molecule has 2 atom stereocenters. The van der Waals surface area contributed by atoms with Crippen LogP contribution in [0.15, 0.2) is 30.0 Å². The molecule has 2 heterocycles. The number of benzene rings is 1. The quantitative estimate of drug-likeness (QED) is 0.225. The number of nitrogens with one attached hydrogen (secondary N) is 1. The molecule has 0 unspecified atom stereocenters. The summed E-state index contributed by atoms with van der Waals surface area (Å²) in [7, 11) is 1.56. The monoisotopic (exact) mass is 613 g/mol. The Bertz CT molecular complexity index is 1190. The van der Waals surface area contributed by atoms with Gasteiger partial charge in [0.25, 0.3) is 0 Å². The highest BCUT2D eigenvalue weighted by molar-refractivity contribution is 6.35. The van der Waals surface area contributed by atoms with Crippen molar-refractivity contribution in [1.29, 1.82) is 0 Å². The summed E-state index contributed by atoms with van der Waals surface area (Å²) in [5.74, 6) is -3.04. The van der Waals surface area contributed by atoms with E-state index in [4.69, 9.17) is 42.5 Å². The third-order valence-electron chi connectivity index (χ3n) is 6.70. The SMILES string of the molecule is CCOOC(=O)[C@]12CN(C(=O)OC(C)(C)C)CC=C1N(Cc1ccc(Cl)cc1Cl)C(=O)[C@H]2CC(=O)NCCCOC. The van der Waals surface area contributed by atoms with Crippen molar-refractivity contribution in [2.75, 3.05) is 40.0 Å². The fourth-order valence-corrected chi connectivity index (χ4v) is 5.36. The number of hydrogen-bond acceptors (Lipinski definition) is 8. The summed E-state index contributed by atoms with van der Waals surface area (Å²) in [5, 5.41) is 3.53. The van der Waals surface area contributed by atoms with Gasteiger partial charge in [0.2, 0.25) is 11.8 Å². The molecular weight excluding hydrogens is 577 g/mol. The van der Waals surface area contributed by atoms with E-state index >= 15 is 0 Å². The minimum atomic E-state index is -1.75. The molecule has 0 radical (unpaired) electrons. The van der Waals surface area contributed by atoms with Crippen molar-refractivity contribution in [2.45, 2.75) is 52.7 Å². The largest absolute Gasteiger partial charge is 0.444 e. The van der Waals surface area contributed by atoms with Gasteiger partial charge in [0.15, 0.2) is 0 Å². The maximum atomic E-state index is 14.1. The Hall–Kier alpha value is -2.86. The van der Waals surface area contributed by atoms with Crippen molar-refractivity contribution in [3.63, 3.8) is 0 Å². The maximum Gasteiger partial charge on any atom is 0.410 e. The van der Waals surface area contributed by atoms with Crippen LogP contribution in [0.5, 0.6) is 0 Å². The van der Waals surface area contributed by atoms with Crippen LogP contribution in [0.4, 0.5) is 4.79 Å². The molecule has 13 heteroatoms. The molecule has 41 heavy (non-hydrogen) atoms. The van der Waals surface area contributed by atoms with Gasteiger partial charge in [-0.15, -0.1) is 0 Å². The first kappa shape index (κ1) is 32.7. The fraction of sp³-hybridized carbons (Fsp3) is 0.571. The molecule has 0 bridgehead atoms. The zero-order valence-corrected chi connectivity index (χ0v) is 25.5. The van der Waals surface area contributed by atoms with Crippen LogP contribution in [-0.2, 0) is 40.2 Å². The molecule has 226 valence electrons. The topological polar surface area (TPSA) is 124 Å². The highest BCUT2D eigenvalue weighted by atomic mass is 35.5. The number of fused-ring (bicyclic) bond motifs is 1. The van der Waals surface area contributed by atoms with Crippen LogP contribution >= 0.6 is 23.2 Å². The number of carbonyl (C=O) groups excluding carboxylic acids is 4.